The molecular formula is C18H21NO2. The molecule has 0 saturated heterocycles. The van der Waals surface area contributed by atoms with Crippen LogP contribution in [0.2, 0.25) is 0 Å². The van der Waals surface area contributed by atoms with Crippen molar-refractivity contribution < 1.29 is 9.53 Å². The van der Waals surface area contributed by atoms with Crippen molar-refractivity contribution in [2.45, 2.75) is 38.5 Å². The predicted molar refractivity (Wildman–Crippen MR) is 80.0 cm³/mol. The van der Waals surface area contributed by atoms with Gasteiger partial charge in [0.2, 0.25) is 0 Å². The number of Topliss-reactive ketones (excluding diaryl/α,β-unsaturated/α-hetero) is 1. The number of rotatable bonds is 4. The number of ether oxygens (including phenoxy) is 1. The number of hydrogen-bond donors (Lipinski definition) is 0. The molecule has 3 heteroatoms. The number of carbonyl (C=O) groups is 1. The van der Waals surface area contributed by atoms with Crippen LogP contribution in [0.3, 0.4) is 0 Å². The first-order valence-electron chi connectivity index (χ1n) is 7.75. The highest BCUT2D eigenvalue weighted by Gasteiger charge is 2.56. The van der Waals surface area contributed by atoms with E-state index in [-0.39, 0.29) is 11.7 Å². The van der Waals surface area contributed by atoms with E-state index in [0.717, 1.165) is 24.0 Å². The van der Waals surface area contributed by atoms with Crippen LogP contribution in [0.4, 0.5) is 0 Å². The van der Waals surface area contributed by atoms with E-state index in [4.69, 9.17) is 4.74 Å². The third kappa shape index (κ3) is 2.44. The van der Waals surface area contributed by atoms with Gasteiger partial charge in [0, 0.05) is 11.5 Å². The van der Waals surface area contributed by atoms with Crippen LogP contribution in [0.1, 0.15) is 42.7 Å². The smallest absolute Gasteiger partial charge is 0.158 e. The van der Waals surface area contributed by atoms with Gasteiger partial charge in [-0.05, 0) is 37.7 Å². The van der Waals surface area contributed by atoms with Crippen molar-refractivity contribution in [3.8, 4) is 11.8 Å². The number of methoxy groups -OCH3 is 1. The van der Waals surface area contributed by atoms with Crippen molar-refractivity contribution in [2.24, 2.45) is 17.8 Å². The SMILES string of the molecule is COc1ccc(C)cc1C(C#N)C(=O)C1C2CCCCC21. The molecule has 2 aliphatic rings. The van der Waals surface area contributed by atoms with Gasteiger partial charge in [0.1, 0.15) is 11.7 Å². The number of hydrogen-bond acceptors (Lipinski definition) is 3. The molecule has 0 aromatic heterocycles. The minimum absolute atomic E-state index is 0.110. The number of nitrogens with zero attached hydrogens (tertiary/aromatic N) is 1. The summed E-state index contributed by atoms with van der Waals surface area (Å²) in [5.74, 6) is 1.26. The molecule has 3 rings (SSSR count). The van der Waals surface area contributed by atoms with Gasteiger partial charge >= 0.3 is 0 Å². The van der Waals surface area contributed by atoms with Crippen LogP contribution < -0.4 is 4.74 Å². The van der Waals surface area contributed by atoms with Crippen LogP contribution in [0, 0.1) is 36.0 Å². The van der Waals surface area contributed by atoms with E-state index in [9.17, 15) is 10.1 Å². The molecule has 1 aromatic carbocycles. The van der Waals surface area contributed by atoms with E-state index in [1.807, 2.05) is 25.1 Å². The van der Waals surface area contributed by atoms with Crippen LogP contribution in [-0.4, -0.2) is 12.9 Å². The fraction of sp³-hybridized carbons (Fsp3) is 0.556. The molecule has 2 aliphatic carbocycles. The van der Waals surface area contributed by atoms with E-state index < -0.39 is 5.92 Å². The fourth-order valence-corrected chi connectivity index (χ4v) is 3.97. The van der Waals surface area contributed by atoms with E-state index in [1.54, 1.807) is 7.11 Å². The molecule has 2 fully saturated rings. The Balaban J connectivity index is 1.87. The minimum atomic E-state index is -0.685. The molecular weight excluding hydrogens is 262 g/mol. The Kier molecular flexibility index (Phi) is 3.71. The zero-order valence-corrected chi connectivity index (χ0v) is 12.6. The Hall–Kier alpha value is -1.82. The number of nitriles is 1. The summed E-state index contributed by atoms with van der Waals surface area (Å²) < 4.78 is 5.35. The Morgan fingerprint density at radius 3 is 2.57 bits per heavy atom. The summed E-state index contributed by atoms with van der Waals surface area (Å²) in [6.45, 7) is 1.97. The van der Waals surface area contributed by atoms with Crippen LogP contribution >= 0.6 is 0 Å². The maximum atomic E-state index is 12.8. The summed E-state index contributed by atoms with van der Waals surface area (Å²) in [4.78, 5) is 12.8. The molecule has 110 valence electrons. The summed E-state index contributed by atoms with van der Waals surface area (Å²) in [7, 11) is 1.59. The maximum Gasteiger partial charge on any atom is 0.158 e. The van der Waals surface area contributed by atoms with Gasteiger partial charge in [-0.15, -0.1) is 0 Å². The number of benzene rings is 1. The average Bonchev–Trinajstić information content (AvgIpc) is 3.22. The molecule has 0 amide bonds. The lowest BCUT2D eigenvalue weighted by Gasteiger charge is -2.14. The summed E-state index contributed by atoms with van der Waals surface area (Å²) in [6, 6.07) is 7.93. The molecule has 21 heavy (non-hydrogen) atoms. The lowest BCUT2D eigenvalue weighted by Crippen LogP contribution is -2.15. The summed E-state index contributed by atoms with van der Waals surface area (Å²) in [5, 5.41) is 9.54. The van der Waals surface area contributed by atoms with Gasteiger partial charge in [-0.25, -0.2) is 0 Å². The van der Waals surface area contributed by atoms with Crippen molar-refractivity contribution in [1.82, 2.24) is 0 Å². The van der Waals surface area contributed by atoms with Crippen LogP contribution in [0.15, 0.2) is 18.2 Å². The van der Waals surface area contributed by atoms with Gasteiger partial charge in [-0.3, -0.25) is 4.79 Å². The van der Waals surface area contributed by atoms with Crippen LogP contribution in [0.25, 0.3) is 0 Å². The summed E-state index contributed by atoms with van der Waals surface area (Å²) in [6.07, 6.45) is 4.78. The zero-order valence-electron chi connectivity index (χ0n) is 12.6. The van der Waals surface area contributed by atoms with Gasteiger partial charge in [-0.1, -0.05) is 30.5 Å². The number of fused-ring (bicyclic) bond motifs is 1. The second-order valence-corrected chi connectivity index (χ2v) is 6.35. The number of carbonyl (C=O) groups excluding carboxylic acids is 1. The molecule has 0 N–H and O–H groups in total. The first-order valence-corrected chi connectivity index (χ1v) is 7.75. The van der Waals surface area contributed by atoms with Crippen molar-refractivity contribution >= 4 is 5.78 Å². The van der Waals surface area contributed by atoms with E-state index in [2.05, 4.69) is 6.07 Å². The van der Waals surface area contributed by atoms with Gasteiger partial charge in [-0.2, -0.15) is 5.26 Å². The molecule has 2 saturated carbocycles. The monoisotopic (exact) mass is 283 g/mol. The van der Waals surface area contributed by atoms with Gasteiger partial charge in [0.25, 0.3) is 0 Å². The summed E-state index contributed by atoms with van der Waals surface area (Å²) in [5.41, 5.74) is 1.78. The Morgan fingerprint density at radius 1 is 1.33 bits per heavy atom. The molecule has 3 unspecified atom stereocenters. The molecule has 0 spiro atoms. The lowest BCUT2D eigenvalue weighted by atomic mass is 9.90. The topological polar surface area (TPSA) is 50.1 Å². The number of aryl methyl sites for hydroxylation is 1. The average molecular weight is 283 g/mol. The van der Waals surface area contributed by atoms with Crippen molar-refractivity contribution in [2.75, 3.05) is 7.11 Å². The first-order chi connectivity index (χ1) is 10.2. The minimum Gasteiger partial charge on any atom is -0.496 e. The third-order valence-electron chi connectivity index (χ3n) is 5.09. The predicted octanol–water partition coefficient (Wildman–Crippen LogP) is 3.62. The lowest BCUT2D eigenvalue weighted by molar-refractivity contribution is -0.121. The summed E-state index contributed by atoms with van der Waals surface area (Å²) >= 11 is 0. The van der Waals surface area contributed by atoms with Gasteiger partial charge in [0.15, 0.2) is 5.78 Å². The van der Waals surface area contributed by atoms with Gasteiger partial charge < -0.3 is 4.74 Å². The Labute approximate surface area is 125 Å². The van der Waals surface area contributed by atoms with E-state index >= 15 is 0 Å². The third-order valence-corrected chi connectivity index (χ3v) is 5.09. The van der Waals surface area contributed by atoms with Gasteiger partial charge in [0.05, 0.1) is 13.2 Å². The first kappa shape index (κ1) is 14.1. The molecule has 0 aliphatic heterocycles. The number of ketones is 1. The largest absolute Gasteiger partial charge is 0.496 e. The maximum absolute atomic E-state index is 12.8. The molecule has 0 bridgehead atoms. The van der Waals surface area contributed by atoms with E-state index in [1.165, 1.54) is 12.8 Å². The Morgan fingerprint density at radius 2 is 2.00 bits per heavy atom. The van der Waals surface area contributed by atoms with Crippen LogP contribution in [0.5, 0.6) is 5.75 Å². The second-order valence-electron chi connectivity index (χ2n) is 6.35. The quantitative estimate of drug-likeness (QED) is 0.848. The van der Waals surface area contributed by atoms with Crippen molar-refractivity contribution in [3.05, 3.63) is 29.3 Å². The zero-order chi connectivity index (χ0) is 15.0. The van der Waals surface area contributed by atoms with E-state index in [0.29, 0.717) is 17.6 Å². The Bertz CT molecular complexity index is 590. The normalized spacial score (nSPS) is 28.1. The molecule has 3 nitrogen and oxygen atoms in total. The highest BCUT2D eigenvalue weighted by molar-refractivity contribution is 5.93. The highest BCUT2D eigenvalue weighted by atomic mass is 16.5. The second kappa shape index (κ2) is 5.52. The fourth-order valence-electron chi connectivity index (χ4n) is 3.97. The van der Waals surface area contributed by atoms with Crippen molar-refractivity contribution in [3.63, 3.8) is 0 Å². The van der Waals surface area contributed by atoms with Crippen LogP contribution in [-0.2, 0) is 4.79 Å². The molecule has 0 radical (unpaired) electrons. The molecule has 0 heterocycles. The molecule has 3 atom stereocenters. The molecule has 1 aromatic rings. The van der Waals surface area contributed by atoms with Crippen molar-refractivity contribution in [1.29, 1.82) is 5.26 Å². The highest BCUT2D eigenvalue weighted by Crippen LogP contribution is 2.57. The standard InChI is InChI=1S/C18H21NO2/c1-11-7-8-16(21-2)14(9-11)15(10-19)18(20)17-12-5-3-4-6-13(12)17/h7-9,12-13,15,17H,3-6H2,1-2H3.